The van der Waals surface area contributed by atoms with Crippen LogP contribution in [0, 0.1) is 5.82 Å². The van der Waals surface area contributed by atoms with Crippen LogP contribution in [0.5, 0.6) is 0 Å². The number of benzene rings is 1. The Balaban J connectivity index is 3.15. The van der Waals surface area contributed by atoms with Crippen LogP contribution in [0.1, 0.15) is 5.56 Å². The quantitative estimate of drug-likeness (QED) is 0.431. The number of halogens is 6. The van der Waals surface area contributed by atoms with Gasteiger partial charge in [0.15, 0.2) is 0 Å². The lowest BCUT2D eigenvalue weighted by atomic mass is 10.2. The molecule has 0 radical (unpaired) electrons. The summed E-state index contributed by atoms with van der Waals surface area (Å²) in [6.07, 6.45) is -4.69. The molecule has 1 nitrogen and oxygen atoms in total. The Kier molecular flexibility index (Phi) is 4.32. The summed E-state index contributed by atoms with van der Waals surface area (Å²) in [5.41, 5.74) is 0.281. The van der Waals surface area contributed by atoms with Crippen LogP contribution in [0.15, 0.2) is 23.2 Å². The van der Waals surface area contributed by atoms with E-state index < -0.39 is 17.2 Å². The van der Waals surface area contributed by atoms with E-state index >= 15 is 0 Å². The largest absolute Gasteiger partial charge is 0.444 e. The van der Waals surface area contributed by atoms with Gasteiger partial charge in [-0.25, -0.2) is 9.38 Å². The Bertz CT molecular complexity index is 416. The van der Waals surface area contributed by atoms with Gasteiger partial charge < -0.3 is 0 Å². The van der Waals surface area contributed by atoms with Gasteiger partial charge in [0.05, 0.1) is 5.69 Å². The minimum atomic E-state index is -4.69. The van der Waals surface area contributed by atoms with Crippen LogP contribution >= 0.6 is 27.5 Å². The molecule has 0 saturated heterocycles. The second kappa shape index (κ2) is 5.14. The van der Waals surface area contributed by atoms with Crippen LogP contribution in [-0.2, 0) is 5.33 Å². The van der Waals surface area contributed by atoms with Crippen molar-refractivity contribution in [3.8, 4) is 0 Å². The predicted octanol–water partition coefficient (Wildman–Crippen LogP) is 4.55. The van der Waals surface area contributed by atoms with E-state index in [0.29, 0.717) is 5.56 Å². The Hall–Kier alpha value is -0.620. The smallest absolute Gasteiger partial charge is 0.232 e. The molecule has 0 fully saturated rings. The highest BCUT2D eigenvalue weighted by molar-refractivity contribution is 9.08. The molecule has 0 aliphatic heterocycles. The van der Waals surface area contributed by atoms with Crippen LogP contribution in [-0.4, -0.2) is 11.3 Å². The molecule has 0 spiro atoms. The van der Waals surface area contributed by atoms with E-state index in [9.17, 15) is 17.6 Å². The van der Waals surface area contributed by atoms with Crippen molar-refractivity contribution in [1.29, 1.82) is 0 Å². The van der Waals surface area contributed by atoms with Crippen molar-refractivity contribution in [2.75, 3.05) is 0 Å². The van der Waals surface area contributed by atoms with Crippen LogP contribution in [0.2, 0.25) is 0 Å². The molecule has 1 aromatic rings. The Morgan fingerprint density at radius 3 is 2.50 bits per heavy atom. The summed E-state index contributed by atoms with van der Waals surface area (Å²) in [4.78, 5) is 3.20. The van der Waals surface area contributed by atoms with Crippen molar-refractivity contribution in [2.24, 2.45) is 4.99 Å². The summed E-state index contributed by atoms with van der Waals surface area (Å²) in [5, 5.41) is -1.30. The zero-order valence-corrected chi connectivity index (χ0v) is 10.00. The van der Waals surface area contributed by atoms with Crippen molar-refractivity contribution >= 4 is 38.4 Å². The van der Waals surface area contributed by atoms with Crippen molar-refractivity contribution in [1.82, 2.24) is 0 Å². The summed E-state index contributed by atoms with van der Waals surface area (Å²) in [6.45, 7) is 0. The van der Waals surface area contributed by atoms with Crippen LogP contribution in [0.4, 0.5) is 23.2 Å². The average molecular weight is 318 g/mol. The summed E-state index contributed by atoms with van der Waals surface area (Å²) in [7, 11) is 0. The van der Waals surface area contributed by atoms with Gasteiger partial charge in [-0.15, -0.1) is 0 Å². The Morgan fingerprint density at radius 2 is 2.00 bits per heavy atom. The number of hydrogen-bond acceptors (Lipinski definition) is 1. The molecule has 0 unspecified atom stereocenters. The summed E-state index contributed by atoms with van der Waals surface area (Å²) in [5.74, 6) is -0.545. The van der Waals surface area contributed by atoms with E-state index in [1.54, 1.807) is 0 Å². The Morgan fingerprint density at radius 1 is 1.38 bits per heavy atom. The van der Waals surface area contributed by atoms with E-state index in [1.807, 2.05) is 0 Å². The lowest BCUT2D eigenvalue weighted by Gasteiger charge is -2.06. The topological polar surface area (TPSA) is 12.4 Å². The first-order chi connectivity index (χ1) is 7.34. The second-order valence-corrected chi connectivity index (χ2v) is 3.73. The average Bonchev–Trinajstić information content (AvgIpc) is 2.19. The van der Waals surface area contributed by atoms with Gasteiger partial charge in [-0.2, -0.15) is 13.2 Å². The zero-order chi connectivity index (χ0) is 12.3. The maximum absolute atomic E-state index is 12.8. The molecule has 1 rings (SSSR count). The van der Waals surface area contributed by atoms with Crippen molar-refractivity contribution in [2.45, 2.75) is 11.5 Å². The third-order valence-electron chi connectivity index (χ3n) is 1.64. The van der Waals surface area contributed by atoms with Crippen LogP contribution in [0.3, 0.4) is 0 Å². The Labute approximate surface area is 102 Å². The van der Waals surface area contributed by atoms with E-state index in [0.717, 1.165) is 18.2 Å². The van der Waals surface area contributed by atoms with E-state index in [2.05, 4.69) is 20.9 Å². The molecule has 0 N–H and O–H groups in total. The normalized spacial score (nSPS) is 13.0. The molecule has 0 atom stereocenters. The molecule has 16 heavy (non-hydrogen) atoms. The molecule has 0 amide bonds. The van der Waals surface area contributed by atoms with Gasteiger partial charge in [-0.05, 0) is 23.8 Å². The SMILES string of the molecule is Fc1ccc(N=C(Cl)C(F)(F)F)c(CBr)c1. The van der Waals surface area contributed by atoms with Crippen LogP contribution < -0.4 is 0 Å². The molecule has 0 aromatic heterocycles. The molecule has 0 bridgehead atoms. The third kappa shape index (κ3) is 3.45. The summed E-state index contributed by atoms with van der Waals surface area (Å²) >= 11 is 8.00. The van der Waals surface area contributed by atoms with Gasteiger partial charge >= 0.3 is 6.18 Å². The molecule has 1 aromatic carbocycles. The maximum Gasteiger partial charge on any atom is 0.444 e. The number of rotatable bonds is 2. The standard InChI is InChI=1S/C9H5BrClF4N/c10-4-5-3-6(12)1-2-7(5)16-8(11)9(13,14)15/h1-3H,4H2. The fraction of sp³-hybridized carbons (Fsp3) is 0.222. The number of nitrogens with zero attached hydrogens (tertiary/aromatic N) is 1. The maximum atomic E-state index is 12.8. The summed E-state index contributed by atoms with van der Waals surface area (Å²) in [6, 6.07) is 3.25. The van der Waals surface area contributed by atoms with E-state index in [-0.39, 0.29) is 11.0 Å². The fourth-order valence-corrected chi connectivity index (χ4v) is 1.48. The number of aliphatic imine (C=N–C) groups is 1. The predicted molar refractivity (Wildman–Crippen MR) is 58.0 cm³/mol. The highest BCUT2D eigenvalue weighted by Gasteiger charge is 2.34. The molecule has 0 aliphatic carbocycles. The van der Waals surface area contributed by atoms with Gasteiger partial charge in [0, 0.05) is 5.33 Å². The molecule has 0 saturated carbocycles. The molecule has 7 heteroatoms. The number of hydrogen-bond donors (Lipinski definition) is 0. The minimum absolute atomic E-state index is 0.0133. The zero-order valence-electron chi connectivity index (χ0n) is 7.65. The third-order valence-corrected chi connectivity index (χ3v) is 2.54. The highest BCUT2D eigenvalue weighted by atomic mass is 79.9. The molecule has 88 valence electrons. The lowest BCUT2D eigenvalue weighted by molar-refractivity contribution is -0.0558. The van der Waals surface area contributed by atoms with E-state index in [1.165, 1.54) is 0 Å². The van der Waals surface area contributed by atoms with Crippen molar-refractivity contribution < 1.29 is 17.6 Å². The van der Waals surface area contributed by atoms with Gasteiger partial charge in [-0.1, -0.05) is 27.5 Å². The molecule has 0 heterocycles. The first-order valence-electron chi connectivity index (χ1n) is 4.00. The monoisotopic (exact) mass is 317 g/mol. The molecular weight excluding hydrogens is 313 g/mol. The van der Waals surface area contributed by atoms with Crippen molar-refractivity contribution in [3.05, 3.63) is 29.6 Å². The first kappa shape index (κ1) is 13.4. The summed E-state index contributed by atoms with van der Waals surface area (Å²) < 4.78 is 49.1. The molecule has 0 aliphatic rings. The highest BCUT2D eigenvalue weighted by Crippen LogP contribution is 2.27. The van der Waals surface area contributed by atoms with Gasteiger partial charge in [0.25, 0.3) is 0 Å². The second-order valence-electron chi connectivity index (χ2n) is 2.81. The van der Waals surface area contributed by atoms with Crippen LogP contribution in [0.25, 0.3) is 0 Å². The number of alkyl halides is 4. The van der Waals surface area contributed by atoms with Gasteiger partial charge in [0.2, 0.25) is 5.17 Å². The first-order valence-corrected chi connectivity index (χ1v) is 5.50. The lowest BCUT2D eigenvalue weighted by Crippen LogP contribution is -2.16. The van der Waals surface area contributed by atoms with Gasteiger partial charge in [-0.3, -0.25) is 0 Å². The van der Waals surface area contributed by atoms with Gasteiger partial charge in [0.1, 0.15) is 5.82 Å². The minimum Gasteiger partial charge on any atom is -0.232 e. The van der Waals surface area contributed by atoms with Crippen molar-refractivity contribution in [3.63, 3.8) is 0 Å². The molecular formula is C9H5BrClF4N. The fourth-order valence-electron chi connectivity index (χ4n) is 0.939. The van der Waals surface area contributed by atoms with E-state index in [4.69, 9.17) is 11.6 Å².